The lowest BCUT2D eigenvalue weighted by atomic mass is 9.67. The minimum absolute atomic E-state index is 0.477. The Labute approximate surface area is 132 Å². The zero-order valence-corrected chi connectivity index (χ0v) is 14.5. The minimum atomic E-state index is 0.477. The second-order valence-electron chi connectivity index (χ2n) is 8.57. The Hall–Kier alpha value is -0.0800. The van der Waals surface area contributed by atoms with Gasteiger partial charge in [-0.05, 0) is 62.4 Å². The van der Waals surface area contributed by atoms with E-state index in [4.69, 9.17) is 0 Å². The maximum absolute atomic E-state index is 3.84. The maximum Gasteiger partial charge on any atom is 0.0159 e. The van der Waals surface area contributed by atoms with Crippen LogP contribution in [0.3, 0.4) is 0 Å². The van der Waals surface area contributed by atoms with E-state index in [1.807, 2.05) is 0 Å². The van der Waals surface area contributed by atoms with Gasteiger partial charge in [0, 0.05) is 18.6 Å². The van der Waals surface area contributed by atoms with Crippen LogP contribution in [0.5, 0.6) is 0 Å². The molecule has 2 heteroatoms. The Balaban J connectivity index is 1.65. The number of nitrogens with zero attached hydrogens (tertiary/aromatic N) is 1. The van der Waals surface area contributed by atoms with E-state index < -0.39 is 0 Å². The smallest absolute Gasteiger partial charge is 0.0159 e. The van der Waals surface area contributed by atoms with Crippen LogP contribution in [0.25, 0.3) is 0 Å². The molecule has 4 unspecified atom stereocenters. The second kappa shape index (κ2) is 6.58. The van der Waals surface area contributed by atoms with Crippen LogP contribution < -0.4 is 5.32 Å². The highest BCUT2D eigenvalue weighted by Gasteiger charge is 2.42. The van der Waals surface area contributed by atoms with Crippen molar-refractivity contribution in [3.8, 4) is 0 Å². The van der Waals surface area contributed by atoms with Crippen molar-refractivity contribution < 1.29 is 0 Å². The van der Waals surface area contributed by atoms with Gasteiger partial charge in [-0.2, -0.15) is 0 Å². The van der Waals surface area contributed by atoms with Gasteiger partial charge in [0.05, 0.1) is 0 Å². The van der Waals surface area contributed by atoms with Gasteiger partial charge in [-0.1, -0.05) is 40.0 Å². The number of hydrogen-bond donors (Lipinski definition) is 1. The molecule has 0 aromatic heterocycles. The molecule has 0 aromatic rings. The van der Waals surface area contributed by atoms with Gasteiger partial charge in [0.2, 0.25) is 0 Å². The molecule has 21 heavy (non-hydrogen) atoms. The van der Waals surface area contributed by atoms with Gasteiger partial charge < -0.3 is 5.32 Å². The molecule has 0 radical (unpaired) electrons. The Kier molecular flexibility index (Phi) is 4.95. The van der Waals surface area contributed by atoms with E-state index >= 15 is 0 Å². The Morgan fingerprint density at radius 3 is 2.67 bits per heavy atom. The molecule has 1 aliphatic heterocycles. The summed E-state index contributed by atoms with van der Waals surface area (Å²) < 4.78 is 0. The molecule has 2 nitrogen and oxygen atoms in total. The van der Waals surface area contributed by atoms with Crippen LogP contribution in [0, 0.1) is 17.3 Å². The maximum atomic E-state index is 3.84. The zero-order valence-electron chi connectivity index (χ0n) is 14.5. The van der Waals surface area contributed by atoms with E-state index in [1.165, 1.54) is 64.5 Å². The molecule has 2 aliphatic carbocycles. The van der Waals surface area contributed by atoms with Gasteiger partial charge in [-0.25, -0.2) is 0 Å². The number of rotatable bonds is 4. The largest absolute Gasteiger partial charge is 0.313 e. The van der Waals surface area contributed by atoms with Crippen molar-refractivity contribution in [2.24, 2.45) is 17.3 Å². The van der Waals surface area contributed by atoms with Gasteiger partial charge in [0.1, 0.15) is 0 Å². The van der Waals surface area contributed by atoms with Crippen molar-refractivity contribution >= 4 is 0 Å². The summed E-state index contributed by atoms with van der Waals surface area (Å²) in [6.45, 7) is 11.1. The first-order chi connectivity index (χ1) is 10.1. The van der Waals surface area contributed by atoms with Crippen molar-refractivity contribution in [1.82, 2.24) is 10.2 Å². The summed E-state index contributed by atoms with van der Waals surface area (Å²) >= 11 is 0. The van der Waals surface area contributed by atoms with Crippen molar-refractivity contribution in [3.63, 3.8) is 0 Å². The predicted octanol–water partition coefficient (Wildman–Crippen LogP) is 4.06. The highest BCUT2D eigenvalue weighted by molar-refractivity contribution is 4.97. The molecule has 3 rings (SSSR count). The Bertz CT molecular complexity index is 338. The summed E-state index contributed by atoms with van der Waals surface area (Å²) in [7, 11) is 0. The van der Waals surface area contributed by atoms with Crippen LogP contribution in [0.15, 0.2) is 0 Å². The average molecular weight is 293 g/mol. The fourth-order valence-corrected chi connectivity index (χ4v) is 5.67. The summed E-state index contributed by atoms with van der Waals surface area (Å²) in [6.07, 6.45) is 11.7. The number of likely N-dealkylation sites (tertiary alicyclic amines) is 1. The molecule has 0 aromatic carbocycles. The molecular formula is C19H36N2. The van der Waals surface area contributed by atoms with Crippen LogP contribution in [-0.2, 0) is 0 Å². The van der Waals surface area contributed by atoms with Gasteiger partial charge in [0.15, 0.2) is 0 Å². The monoisotopic (exact) mass is 292 g/mol. The predicted molar refractivity (Wildman–Crippen MR) is 90.5 cm³/mol. The third-order valence-electron chi connectivity index (χ3n) is 6.73. The fourth-order valence-electron chi connectivity index (χ4n) is 5.67. The molecule has 3 fully saturated rings. The molecular weight excluding hydrogens is 256 g/mol. The fraction of sp³-hybridized carbons (Fsp3) is 1.00. The van der Waals surface area contributed by atoms with Gasteiger partial charge in [-0.3, -0.25) is 4.90 Å². The Morgan fingerprint density at radius 2 is 1.86 bits per heavy atom. The lowest BCUT2D eigenvalue weighted by molar-refractivity contribution is 0.0674. The molecule has 0 spiro atoms. The van der Waals surface area contributed by atoms with E-state index in [9.17, 15) is 0 Å². The molecule has 0 amide bonds. The zero-order chi connectivity index (χ0) is 14.9. The first-order valence-electron chi connectivity index (χ1n) is 9.59. The summed E-state index contributed by atoms with van der Waals surface area (Å²) in [5, 5.41) is 3.84. The van der Waals surface area contributed by atoms with Crippen molar-refractivity contribution in [2.75, 3.05) is 19.6 Å². The SMILES string of the molecule is CCNC1C(CN2CCC3CCCCC32)CCCC1(C)C. The third kappa shape index (κ3) is 3.32. The van der Waals surface area contributed by atoms with Crippen LogP contribution >= 0.6 is 0 Å². The lowest BCUT2D eigenvalue weighted by Crippen LogP contribution is -2.53. The third-order valence-corrected chi connectivity index (χ3v) is 6.73. The van der Waals surface area contributed by atoms with Crippen molar-refractivity contribution in [2.45, 2.75) is 84.2 Å². The summed E-state index contributed by atoms with van der Waals surface area (Å²) in [6, 6.07) is 1.66. The Morgan fingerprint density at radius 1 is 1.05 bits per heavy atom. The van der Waals surface area contributed by atoms with Gasteiger partial charge in [0.25, 0.3) is 0 Å². The molecule has 1 saturated heterocycles. The first kappa shape index (κ1) is 15.8. The number of hydrogen-bond acceptors (Lipinski definition) is 2. The normalized spacial score (nSPS) is 40.1. The first-order valence-corrected chi connectivity index (χ1v) is 9.59. The summed E-state index contributed by atoms with van der Waals surface area (Å²) in [4.78, 5) is 2.89. The number of nitrogens with one attached hydrogen (secondary N) is 1. The van der Waals surface area contributed by atoms with Crippen LogP contribution in [-0.4, -0.2) is 36.6 Å². The molecule has 122 valence electrons. The van der Waals surface area contributed by atoms with Gasteiger partial charge >= 0.3 is 0 Å². The standard InChI is InChI=1S/C19H36N2/c1-4-20-18-16(9-7-12-19(18,2)3)14-21-13-11-15-8-5-6-10-17(15)21/h15-18,20H,4-14H2,1-3H3. The number of fused-ring (bicyclic) bond motifs is 1. The van der Waals surface area contributed by atoms with Crippen LogP contribution in [0.2, 0.25) is 0 Å². The van der Waals surface area contributed by atoms with E-state index in [0.29, 0.717) is 5.41 Å². The molecule has 2 saturated carbocycles. The van der Waals surface area contributed by atoms with E-state index in [1.54, 1.807) is 0 Å². The minimum Gasteiger partial charge on any atom is -0.313 e. The van der Waals surface area contributed by atoms with Gasteiger partial charge in [-0.15, -0.1) is 0 Å². The van der Waals surface area contributed by atoms with E-state index in [2.05, 4.69) is 31.0 Å². The quantitative estimate of drug-likeness (QED) is 0.841. The van der Waals surface area contributed by atoms with Crippen LogP contribution in [0.1, 0.15) is 72.1 Å². The molecule has 0 bridgehead atoms. The summed E-state index contributed by atoms with van der Waals surface area (Å²) in [5.41, 5.74) is 0.477. The topological polar surface area (TPSA) is 15.3 Å². The molecule has 1 heterocycles. The molecule has 1 N–H and O–H groups in total. The van der Waals surface area contributed by atoms with Crippen LogP contribution in [0.4, 0.5) is 0 Å². The molecule has 4 atom stereocenters. The lowest BCUT2D eigenvalue weighted by Gasteiger charge is -2.46. The van der Waals surface area contributed by atoms with E-state index in [-0.39, 0.29) is 0 Å². The highest BCUT2D eigenvalue weighted by Crippen LogP contribution is 2.42. The highest BCUT2D eigenvalue weighted by atomic mass is 15.2. The van der Waals surface area contributed by atoms with E-state index in [0.717, 1.165) is 30.5 Å². The average Bonchev–Trinajstić information content (AvgIpc) is 2.86. The second-order valence-corrected chi connectivity index (χ2v) is 8.57. The van der Waals surface area contributed by atoms with Crippen molar-refractivity contribution in [1.29, 1.82) is 0 Å². The summed E-state index contributed by atoms with van der Waals surface area (Å²) in [5.74, 6) is 1.90. The molecule has 3 aliphatic rings. The van der Waals surface area contributed by atoms with Crippen molar-refractivity contribution in [3.05, 3.63) is 0 Å².